The molecule has 1 amide bonds. The normalized spacial score (nSPS) is 13.8. The second kappa shape index (κ2) is 6.27. The number of non-ortho nitro benzene ring substituents is 1. The molecule has 1 fully saturated rings. The summed E-state index contributed by atoms with van der Waals surface area (Å²) < 4.78 is 0. The first-order valence-electron chi connectivity index (χ1n) is 7.17. The third-order valence-corrected chi connectivity index (χ3v) is 4.48. The Morgan fingerprint density at radius 2 is 1.95 bits per heavy atom. The highest BCUT2D eigenvalue weighted by molar-refractivity contribution is 7.07. The van der Waals surface area contributed by atoms with E-state index in [1.807, 2.05) is 16.3 Å². The van der Waals surface area contributed by atoms with Gasteiger partial charge in [-0.3, -0.25) is 14.9 Å². The van der Waals surface area contributed by atoms with Gasteiger partial charge >= 0.3 is 0 Å². The summed E-state index contributed by atoms with van der Waals surface area (Å²) in [5.74, 6) is 0.0857. The number of thiophene rings is 1. The van der Waals surface area contributed by atoms with E-state index in [0.29, 0.717) is 19.0 Å². The predicted octanol–water partition coefficient (Wildman–Crippen LogP) is 3.39. The lowest BCUT2D eigenvalue weighted by atomic mass is 10.1. The van der Waals surface area contributed by atoms with Gasteiger partial charge in [0, 0.05) is 24.7 Å². The molecule has 2 aromatic rings. The van der Waals surface area contributed by atoms with Crippen LogP contribution in [0.15, 0.2) is 41.1 Å². The van der Waals surface area contributed by atoms with E-state index >= 15 is 0 Å². The van der Waals surface area contributed by atoms with Crippen molar-refractivity contribution in [1.82, 2.24) is 4.90 Å². The number of nitro groups is 1. The van der Waals surface area contributed by atoms with Gasteiger partial charge in [-0.05, 0) is 40.8 Å². The minimum absolute atomic E-state index is 0.0496. The van der Waals surface area contributed by atoms with E-state index in [1.165, 1.54) is 12.1 Å². The third kappa shape index (κ3) is 3.51. The molecule has 1 saturated carbocycles. The van der Waals surface area contributed by atoms with Gasteiger partial charge in [0.2, 0.25) is 5.91 Å². The minimum atomic E-state index is -0.432. The molecular formula is C16H16N2O3S. The largest absolute Gasteiger partial charge is 0.335 e. The van der Waals surface area contributed by atoms with E-state index in [9.17, 15) is 14.9 Å². The molecule has 1 aromatic heterocycles. The van der Waals surface area contributed by atoms with Crippen LogP contribution in [0, 0.1) is 10.1 Å². The second-order valence-electron chi connectivity index (χ2n) is 5.48. The van der Waals surface area contributed by atoms with Gasteiger partial charge in [-0.15, -0.1) is 0 Å². The molecule has 3 rings (SSSR count). The fraction of sp³-hybridized carbons (Fsp3) is 0.312. The number of hydrogen-bond donors (Lipinski definition) is 0. The number of nitro benzene ring substituents is 1. The van der Waals surface area contributed by atoms with Gasteiger partial charge < -0.3 is 4.90 Å². The van der Waals surface area contributed by atoms with Crippen LogP contribution >= 0.6 is 11.3 Å². The Labute approximate surface area is 132 Å². The fourth-order valence-electron chi connectivity index (χ4n) is 2.40. The maximum Gasteiger partial charge on any atom is 0.269 e. The number of benzene rings is 1. The molecule has 1 heterocycles. The van der Waals surface area contributed by atoms with Crippen LogP contribution in [0.25, 0.3) is 0 Å². The summed E-state index contributed by atoms with van der Waals surface area (Å²) in [5.41, 5.74) is 2.02. The summed E-state index contributed by atoms with van der Waals surface area (Å²) in [6.07, 6.45) is 2.42. The molecule has 5 nitrogen and oxygen atoms in total. The summed E-state index contributed by atoms with van der Waals surface area (Å²) in [7, 11) is 0. The Balaban J connectivity index is 1.67. The Hall–Kier alpha value is -2.21. The second-order valence-corrected chi connectivity index (χ2v) is 6.26. The van der Waals surface area contributed by atoms with Gasteiger partial charge in [0.1, 0.15) is 0 Å². The van der Waals surface area contributed by atoms with E-state index < -0.39 is 4.92 Å². The molecule has 0 bridgehead atoms. The van der Waals surface area contributed by atoms with Crippen LogP contribution in [0.3, 0.4) is 0 Å². The van der Waals surface area contributed by atoms with E-state index in [1.54, 1.807) is 23.5 Å². The van der Waals surface area contributed by atoms with Crippen molar-refractivity contribution in [3.8, 4) is 0 Å². The molecule has 0 spiro atoms. The van der Waals surface area contributed by atoms with Crippen molar-refractivity contribution in [1.29, 1.82) is 0 Å². The molecule has 6 heteroatoms. The quantitative estimate of drug-likeness (QED) is 0.606. The third-order valence-electron chi connectivity index (χ3n) is 3.74. The molecule has 0 saturated heterocycles. The first-order chi connectivity index (χ1) is 10.6. The van der Waals surface area contributed by atoms with Crippen molar-refractivity contribution >= 4 is 22.9 Å². The smallest absolute Gasteiger partial charge is 0.269 e. The summed E-state index contributed by atoms with van der Waals surface area (Å²) in [5, 5.41) is 14.7. The molecule has 1 aliphatic carbocycles. The number of nitrogens with zero attached hydrogens (tertiary/aromatic N) is 2. The number of hydrogen-bond acceptors (Lipinski definition) is 4. The van der Waals surface area contributed by atoms with Crippen LogP contribution in [-0.2, 0) is 17.8 Å². The van der Waals surface area contributed by atoms with E-state index in [0.717, 1.165) is 24.0 Å². The molecule has 0 unspecified atom stereocenters. The van der Waals surface area contributed by atoms with Crippen LogP contribution in [0.1, 0.15) is 24.0 Å². The maximum absolute atomic E-state index is 12.5. The van der Waals surface area contributed by atoms with Gasteiger partial charge in [-0.25, -0.2) is 0 Å². The standard InChI is InChI=1S/C16H16N2O3S/c19-16(9-12-1-3-15(4-2-12)18(20)21)17(14-5-6-14)10-13-7-8-22-11-13/h1-4,7-8,11,14H,5-6,9-10H2. The average Bonchev–Trinajstić information content (AvgIpc) is 3.21. The molecule has 1 aliphatic rings. The molecule has 0 N–H and O–H groups in total. The zero-order valence-corrected chi connectivity index (χ0v) is 12.8. The highest BCUT2D eigenvalue weighted by Gasteiger charge is 2.32. The minimum Gasteiger partial charge on any atom is -0.335 e. The van der Waals surface area contributed by atoms with Crippen molar-refractivity contribution in [2.24, 2.45) is 0 Å². The SMILES string of the molecule is O=C(Cc1ccc([N+](=O)[O-])cc1)N(Cc1ccsc1)C1CC1. The molecule has 0 radical (unpaired) electrons. The Kier molecular flexibility index (Phi) is 4.20. The Morgan fingerprint density at radius 1 is 1.23 bits per heavy atom. The lowest BCUT2D eigenvalue weighted by molar-refractivity contribution is -0.384. The maximum atomic E-state index is 12.5. The molecule has 22 heavy (non-hydrogen) atoms. The first-order valence-corrected chi connectivity index (χ1v) is 8.11. The number of carbonyl (C=O) groups excluding carboxylic acids is 1. The fourth-order valence-corrected chi connectivity index (χ4v) is 3.06. The lowest BCUT2D eigenvalue weighted by Crippen LogP contribution is -2.33. The molecular weight excluding hydrogens is 300 g/mol. The van der Waals surface area contributed by atoms with Crippen molar-refractivity contribution in [3.05, 3.63) is 62.3 Å². The highest BCUT2D eigenvalue weighted by Crippen LogP contribution is 2.29. The van der Waals surface area contributed by atoms with Crippen molar-refractivity contribution in [2.45, 2.75) is 31.8 Å². The monoisotopic (exact) mass is 316 g/mol. The first kappa shape index (κ1) is 14.7. The van der Waals surface area contributed by atoms with Crippen LogP contribution in [0.4, 0.5) is 5.69 Å². The van der Waals surface area contributed by atoms with Crippen molar-refractivity contribution < 1.29 is 9.72 Å². The van der Waals surface area contributed by atoms with E-state index in [4.69, 9.17) is 0 Å². The highest BCUT2D eigenvalue weighted by atomic mass is 32.1. The summed E-state index contributed by atoms with van der Waals surface area (Å²) in [4.78, 5) is 24.7. The van der Waals surface area contributed by atoms with Crippen LogP contribution < -0.4 is 0 Å². The Morgan fingerprint density at radius 3 is 2.50 bits per heavy atom. The van der Waals surface area contributed by atoms with E-state index in [2.05, 4.69) is 5.38 Å². The zero-order valence-electron chi connectivity index (χ0n) is 12.0. The van der Waals surface area contributed by atoms with E-state index in [-0.39, 0.29) is 11.6 Å². The van der Waals surface area contributed by atoms with Crippen LogP contribution in [-0.4, -0.2) is 21.8 Å². The number of carbonyl (C=O) groups is 1. The number of rotatable bonds is 6. The average molecular weight is 316 g/mol. The summed E-state index contributed by atoms with van der Waals surface area (Å²) in [6.45, 7) is 0.653. The van der Waals surface area contributed by atoms with Crippen molar-refractivity contribution in [3.63, 3.8) is 0 Å². The van der Waals surface area contributed by atoms with Gasteiger partial charge in [0.15, 0.2) is 0 Å². The number of amides is 1. The van der Waals surface area contributed by atoms with Crippen LogP contribution in [0.5, 0.6) is 0 Å². The summed E-state index contributed by atoms with van der Waals surface area (Å²) in [6, 6.07) is 8.60. The van der Waals surface area contributed by atoms with Gasteiger partial charge in [0.25, 0.3) is 5.69 Å². The van der Waals surface area contributed by atoms with Gasteiger partial charge in [-0.1, -0.05) is 12.1 Å². The topological polar surface area (TPSA) is 63.4 Å². The molecule has 114 valence electrons. The molecule has 0 aliphatic heterocycles. The summed E-state index contributed by atoms with van der Waals surface area (Å²) >= 11 is 1.63. The van der Waals surface area contributed by atoms with Crippen LogP contribution in [0.2, 0.25) is 0 Å². The molecule has 1 aromatic carbocycles. The van der Waals surface area contributed by atoms with Gasteiger partial charge in [0.05, 0.1) is 11.3 Å². The zero-order chi connectivity index (χ0) is 15.5. The predicted molar refractivity (Wildman–Crippen MR) is 84.7 cm³/mol. The molecule has 0 atom stereocenters. The Bertz CT molecular complexity index is 663. The lowest BCUT2D eigenvalue weighted by Gasteiger charge is -2.22. The van der Waals surface area contributed by atoms with Crippen molar-refractivity contribution in [2.75, 3.05) is 0 Å². The van der Waals surface area contributed by atoms with Gasteiger partial charge in [-0.2, -0.15) is 11.3 Å².